The highest BCUT2D eigenvalue weighted by atomic mass is 16.6. The summed E-state index contributed by atoms with van der Waals surface area (Å²) in [6.45, 7) is 7.83. The molecule has 0 aromatic heterocycles. The highest BCUT2D eigenvalue weighted by molar-refractivity contribution is 6.07. The molecule has 2 rings (SSSR count). The van der Waals surface area contributed by atoms with Crippen molar-refractivity contribution in [2.45, 2.75) is 46.1 Å². The van der Waals surface area contributed by atoms with E-state index in [0.717, 1.165) is 11.3 Å². The molecule has 5 nitrogen and oxygen atoms in total. The molecule has 0 saturated heterocycles. The van der Waals surface area contributed by atoms with Crippen molar-refractivity contribution in [1.82, 2.24) is 0 Å². The fraction of sp³-hybridized carbons (Fsp3) is 0.556. The number of amides is 1. The number of esters is 1. The molecule has 0 radical (unpaired) electrons. The van der Waals surface area contributed by atoms with Crippen molar-refractivity contribution in [3.8, 4) is 5.75 Å². The Morgan fingerprint density at radius 1 is 1.35 bits per heavy atom. The Balaban J connectivity index is 2.34. The molecule has 0 fully saturated rings. The summed E-state index contributed by atoms with van der Waals surface area (Å²) in [6, 6.07) is 5.70. The summed E-state index contributed by atoms with van der Waals surface area (Å²) < 4.78 is 10.7. The fourth-order valence-electron chi connectivity index (χ4n) is 2.78. The molecule has 1 aliphatic rings. The summed E-state index contributed by atoms with van der Waals surface area (Å²) in [5.74, 6) is -0.701. The zero-order chi connectivity index (χ0) is 17.2. The molecule has 1 aliphatic heterocycles. The van der Waals surface area contributed by atoms with Crippen LogP contribution < -0.4 is 9.64 Å². The van der Waals surface area contributed by atoms with Crippen LogP contribution in [0.5, 0.6) is 5.75 Å². The van der Waals surface area contributed by atoms with Crippen molar-refractivity contribution >= 4 is 17.6 Å². The van der Waals surface area contributed by atoms with Gasteiger partial charge in [-0.05, 0) is 52.2 Å². The second kappa shape index (κ2) is 6.60. The number of hydrogen-bond donors (Lipinski definition) is 0. The van der Waals surface area contributed by atoms with Crippen LogP contribution in [0.2, 0.25) is 0 Å². The Hall–Kier alpha value is -2.04. The molecule has 1 heterocycles. The first-order valence-corrected chi connectivity index (χ1v) is 7.98. The summed E-state index contributed by atoms with van der Waals surface area (Å²) in [6.07, 6.45) is 1.12. The average Bonchev–Trinajstić information content (AvgIpc) is 2.60. The Morgan fingerprint density at radius 2 is 2.04 bits per heavy atom. The smallest absolute Gasteiger partial charge is 0.319 e. The van der Waals surface area contributed by atoms with Gasteiger partial charge in [0, 0.05) is 12.6 Å². The van der Waals surface area contributed by atoms with Crippen molar-refractivity contribution in [2.24, 2.45) is 5.92 Å². The van der Waals surface area contributed by atoms with E-state index in [2.05, 4.69) is 0 Å². The summed E-state index contributed by atoms with van der Waals surface area (Å²) in [5, 5.41) is 0. The lowest BCUT2D eigenvalue weighted by molar-refractivity contribution is -0.162. The van der Waals surface area contributed by atoms with E-state index in [9.17, 15) is 9.59 Å². The quantitative estimate of drug-likeness (QED) is 0.635. The number of aryl methyl sites for hydroxylation is 1. The van der Waals surface area contributed by atoms with Gasteiger partial charge in [0.2, 0.25) is 5.91 Å². The molecule has 5 heteroatoms. The molecule has 1 amide bonds. The minimum absolute atomic E-state index is 0.200. The van der Waals surface area contributed by atoms with Crippen molar-refractivity contribution in [3.63, 3.8) is 0 Å². The number of hydrogen-bond acceptors (Lipinski definition) is 4. The van der Waals surface area contributed by atoms with Gasteiger partial charge < -0.3 is 14.4 Å². The fourth-order valence-corrected chi connectivity index (χ4v) is 2.78. The predicted molar refractivity (Wildman–Crippen MR) is 88.7 cm³/mol. The maximum Gasteiger partial charge on any atom is 0.319 e. The zero-order valence-electron chi connectivity index (χ0n) is 14.5. The van der Waals surface area contributed by atoms with E-state index in [1.165, 1.54) is 0 Å². The van der Waals surface area contributed by atoms with E-state index in [-0.39, 0.29) is 5.91 Å². The van der Waals surface area contributed by atoms with Gasteiger partial charge in [-0.1, -0.05) is 6.07 Å². The number of fused-ring (bicyclic) bond motifs is 1. The first-order chi connectivity index (χ1) is 10.8. The molecule has 0 unspecified atom stereocenters. The SMILES string of the molecule is CCN1C(=O)[C@H](C(=O)OC(C)(C)C)CCc2ccc(OC)cc21. The average molecular weight is 319 g/mol. The maximum absolute atomic E-state index is 12.9. The second-order valence-electron chi connectivity index (χ2n) is 6.70. The van der Waals surface area contributed by atoms with E-state index in [1.54, 1.807) is 12.0 Å². The van der Waals surface area contributed by atoms with E-state index < -0.39 is 17.5 Å². The normalized spacial score (nSPS) is 18.2. The second-order valence-corrected chi connectivity index (χ2v) is 6.70. The number of ether oxygens (including phenoxy) is 2. The standard InChI is InChI=1S/C18H25NO4/c1-6-19-15-11-13(22-5)9-7-12(15)8-10-14(16(19)20)17(21)23-18(2,3)4/h7,9,11,14H,6,8,10H2,1-5H3/t14-/m1/s1. The van der Waals surface area contributed by atoms with Gasteiger partial charge in [-0.2, -0.15) is 0 Å². The summed E-state index contributed by atoms with van der Waals surface area (Å²) in [7, 11) is 1.60. The van der Waals surface area contributed by atoms with Gasteiger partial charge >= 0.3 is 5.97 Å². The number of carbonyl (C=O) groups is 2. The molecule has 0 N–H and O–H groups in total. The third-order valence-corrected chi connectivity index (χ3v) is 3.86. The molecule has 1 aromatic carbocycles. The van der Waals surface area contributed by atoms with Crippen LogP contribution in [0.15, 0.2) is 18.2 Å². The minimum Gasteiger partial charge on any atom is -0.497 e. The van der Waals surface area contributed by atoms with Crippen molar-refractivity contribution in [2.75, 3.05) is 18.6 Å². The highest BCUT2D eigenvalue weighted by Gasteiger charge is 2.37. The molecule has 126 valence electrons. The molecule has 0 aliphatic carbocycles. The van der Waals surface area contributed by atoms with Crippen molar-refractivity contribution in [3.05, 3.63) is 23.8 Å². The summed E-state index contributed by atoms with van der Waals surface area (Å²) >= 11 is 0. The van der Waals surface area contributed by atoms with Crippen LogP contribution in [0.1, 0.15) is 39.7 Å². The van der Waals surface area contributed by atoms with Gasteiger partial charge in [-0.25, -0.2) is 0 Å². The third kappa shape index (κ3) is 3.84. The number of carbonyl (C=O) groups excluding carboxylic acids is 2. The monoisotopic (exact) mass is 319 g/mol. The molecule has 0 bridgehead atoms. The first kappa shape index (κ1) is 17.3. The van der Waals surface area contributed by atoms with E-state index in [4.69, 9.17) is 9.47 Å². The Morgan fingerprint density at radius 3 is 2.61 bits per heavy atom. The van der Waals surface area contributed by atoms with Gasteiger partial charge in [0.05, 0.1) is 12.8 Å². The van der Waals surface area contributed by atoms with Gasteiger partial charge in [-0.3, -0.25) is 9.59 Å². The number of nitrogens with zero attached hydrogens (tertiary/aromatic N) is 1. The van der Waals surface area contributed by atoms with E-state index in [0.29, 0.717) is 25.1 Å². The topological polar surface area (TPSA) is 55.8 Å². The van der Waals surface area contributed by atoms with Crippen molar-refractivity contribution < 1.29 is 19.1 Å². The molecular weight excluding hydrogens is 294 g/mol. The van der Waals surface area contributed by atoms with Gasteiger partial charge in [0.25, 0.3) is 0 Å². The van der Waals surface area contributed by atoms with E-state index >= 15 is 0 Å². The number of methoxy groups -OCH3 is 1. The molecule has 1 aromatic rings. The largest absolute Gasteiger partial charge is 0.497 e. The number of benzene rings is 1. The van der Waals surface area contributed by atoms with Crippen LogP contribution in [0, 0.1) is 5.92 Å². The maximum atomic E-state index is 12.9. The Bertz CT molecular complexity index is 604. The predicted octanol–water partition coefficient (Wildman–Crippen LogP) is 2.95. The lowest BCUT2D eigenvalue weighted by atomic mass is 10.00. The third-order valence-electron chi connectivity index (χ3n) is 3.86. The van der Waals surface area contributed by atoms with Gasteiger partial charge in [-0.15, -0.1) is 0 Å². The lowest BCUT2D eigenvalue weighted by Gasteiger charge is -2.26. The van der Waals surface area contributed by atoms with Crippen LogP contribution in [-0.2, 0) is 20.7 Å². The Labute approximate surface area is 137 Å². The summed E-state index contributed by atoms with van der Waals surface area (Å²) in [4.78, 5) is 26.9. The number of rotatable bonds is 3. The van der Waals surface area contributed by atoms with E-state index in [1.807, 2.05) is 45.9 Å². The zero-order valence-corrected chi connectivity index (χ0v) is 14.5. The molecular formula is C18H25NO4. The Kier molecular flexibility index (Phi) is 4.97. The molecule has 23 heavy (non-hydrogen) atoms. The first-order valence-electron chi connectivity index (χ1n) is 7.98. The highest BCUT2D eigenvalue weighted by Crippen LogP contribution is 2.33. The van der Waals surface area contributed by atoms with Gasteiger partial charge in [0.15, 0.2) is 0 Å². The van der Waals surface area contributed by atoms with Crippen LogP contribution in [0.4, 0.5) is 5.69 Å². The molecule has 0 spiro atoms. The van der Waals surface area contributed by atoms with Crippen LogP contribution in [-0.4, -0.2) is 31.1 Å². The number of anilines is 1. The van der Waals surface area contributed by atoms with Crippen molar-refractivity contribution in [1.29, 1.82) is 0 Å². The van der Waals surface area contributed by atoms with Crippen LogP contribution in [0.25, 0.3) is 0 Å². The lowest BCUT2D eigenvalue weighted by Crippen LogP contribution is -2.41. The minimum atomic E-state index is -0.757. The molecule has 1 atom stereocenters. The van der Waals surface area contributed by atoms with Crippen LogP contribution in [0.3, 0.4) is 0 Å². The van der Waals surface area contributed by atoms with Gasteiger partial charge in [0.1, 0.15) is 17.3 Å². The molecule has 0 saturated carbocycles. The van der Waals surface area contributed by atoms with Crippen LogP contribution >= 0.6 is 0 Å². The summed E-state index contributed by atoms with van der Waals surface area (Å²) in [5.41, 5.74) is 1.27.